The van der Waals surface area contributed by atoms with Crippen LogP contribution in [0.3, 0.4) is 0 Å². The van der Waals surface area contributed by atoms with Crippen molar-refractivity contribution in [3.63, 3.8) is 0 Å². The van der Waals surface area contributed by atoms with Gasteiger partial charge >= 0.3 is 5.97 Å². The summed E-state index contributed by atoms with van der Waals surface area (Å²) in [6, 6.07) is 14.4. The summed E-state index contributed by atoms with van der Waals surface area (Å²) >= 11 is 1.87. The molecule has 5 nitrogen and oxygen atoms in total. The molecule has 5 rings (SSSR count). The molecule has 0 bridgehead atoms. The van der Waals surface area contributed by atoms with Gasteiger partial charge in [-0.05, 0) is 85.2 Å². The van der Waals surface area contributed by atoms with Crippen molar-refractivity contribution in [1.82, 2.24) is 4.98 Å². The number of hydrogen-bond acceptors (Lipinski definition) is 5. The van der Waals surface area contributed by atoms with Crippen LogP contribution < -0.4 is 4.74 Å². The number of thioether (sulfide) groups is 1. The van der Waals surface area contributed by atoms with E-state index in [9.17, 15) is 9.90 Å². The molecule has 0 saturated heterocycles. The van der Waals surface area contributed by atoms with Crippen LogP contribution in [0.1, 0.15) is 60.2 Å². The molecule has 3 aromatic rings. The van der Waals surface area contributed by atoms with Crippen molar-refractivity contribution in [2.24, 2.45) is 5.92 Å². The zero-order valence-electron chi connectivity index (χ0n) is 20.9. The van der Waals surface area contributed by atoms with Crippen LogP contribution in [0, 0.1) is 12.8 Å². The molecular formula is C30H33NO4S. The average Bonchev–Trinajstić information content (AvgIpc) is 3.62. The Morgan fingerprint density at radius 1 is 1.28 bits per heavy atom. The number of carboxylic acids is 1. The highest BCUT2D eigenvalue weighted by molar-refractivity contribution is 8.03. The van der Waals surface area contributed by atoms with Crippen LogP contribution in [0.4, 0.5) is 0 Å². The van der Waals surface area contributed by atoms with Crippen LogP contribution >= 0.6 is 11.8 Å². The molecule has 1 aliphatic heterocycles. The molecule has 1 aromatic heterocycles. The molecule has 1 aliphatic carbocycles. The first-order valence-corrected chi connectivity index (χ1v) is 13.8. The van der Waals surface area contributed by atoms with E-state index >= 15 is 0 Å². The zero-order chi connectivity index (χ0) is 25.1. The van der Waals surface area contributed by atoms with Crippen molar-refractivity contribution >= 4 is 17.7 Å². The number of nitrogens with zero attached hydrogens (tertiary/aromatic N) is 1. The molecule has 6 heteroatoms. The molecule has 2 aromatic carbocycles. The highest BCUT2D eigenvalue weighted by atomic mass is 32.2. The van der Waals surface area contributed by atoms with Crippen molar-refractivity contribution in [2.45, 2.75) is 63.5 Å². The van der Waals surface area contributed by atoms with E-state index in [2.05, 4.69) is 23.6 Å². The van der Waals surface area contributed by atoms with E-state index in [1.807, 2.05) is 55.9 Å². The summed E-state index contributed by atoms with van der Waals surface area (Å²) in [7, 11) is 0. The minimum Gasteiger partial charge on any atom is -0.493 e. The van der Waals surface area contributed by atoms with Gasteiger partial charge in [0.05, 0.1) is 18.2 Å². The van der Waals surface area contributed by atoms with E-state index in [1.165, 1.54) is 16.7 Å². The molecule has 0 saturated carbocycles. The number of rotatable bonds is 10. The molecule has 0 amide bonds. The van der Waals surface area contributed by atoms with Crippen molar-refractivity contribution in [3.05, 3.63) is 82.1 Å². The summed E-state index contributed by atoms with van der Waals surface area (Å²) in [5.74, 6) is 1.45. The third-order valence-electron chi connectivity index (χ3n) is 7.41. The molecule has 188 valence electrons. The van der Waals surface area contributed by atoms with Crippen LogP contribution in [-0.2, 0) is 24.1 Å². The second-order valence-electron chi connectivity index (χ2n) is 9.71. The van der Waals surface area contributed by atoms with Gasteiger partial charge in [-0.25, -0.2) is 4.98 Å². The number of aliphatic carboxylic acids is 1. The quantitative estimate of drug-likeness (QED) is 0.322. The number of allylic oxidation sites excluding steroid dienone is 1. The summed E-state index contributed by atoms with van der Waals surface area (Å²) in [6.07, 6.45) is 7.30. The lowest BCUT2D eigenvalue weighted by atomic mass is 9.84. The summed E-state index contributed by atoms with van der Waals surface area (Å²) in [4.78, 5) is 16.6. The Balaban J connectivity index is 1.34. The minimum atomic E-state index is -0.689. The first kappa shape index (κ1) is 24.7. The Labute approximate surface area is 217 Å². The normalized spacial score (nSPS) is 19.4. The zero-order valence-corrected chi connectivity index (χ0v) is 21.7. The Morgan fingerprint density at radius 3 is 2.83 bits per heavy atom. The monoisotopic (exact) mass is 503 g/mol. The third-order valence-corrected chi connectivity index (χ3v) is 8.51. The van der Waals surface area contributed by atoms with Gasteiger partial charge in [0.1, 0.15) is 11.5 Å². The van der Waals surface area contributed by atoms with Crippen molar-refractivity contribution in [1.29, 1.82) is 0 Å². The fourth-order valence-electron chi connectivity index (χ4n) is 5.49. The second kappa shape index (κ2) is 11.0. The smallest absolute Gasteiger partial charge is 0.307 e. The summed E-state index contributed by atoms with van der Waals surface area (Å²) < 4.78 is 12.3. The van der Waals surface area contributed by atoms with Gasteiger partial charge in [0, 0.05) is 17.2 Å². The number of hydrogen-bond donors (Lipinski definition) is 1. The molecule has 0 fully saturated rings. The van der Waals surface area contributed by atoms with Gasteiger partial charge < -0.3 is 14.3 Å². The number of benzene rings is 2. The Hall–Kier alpha value is -2.99. The fraction of sp³-hybridized carbons (Fsp3) is 0.400. The highest BCUT2D eigenvalue weighted by Gasteiger charge is 2.34. The Morgan fingerprint density at radius 2 is 2.11 bits per heavy atom. The van der Waals surface area contributed by atoms with Crippen molar-refractivity contribution in [3.8, 4) is 17.2 Å². The molecular weight excluding hydrogens is 470 g/mol. The number of oxazole rings is 1. The van der Waals surface area contributed by atoms with Gasteiger partial charge in [0.15, 0.2) is 0 Å². The molecule has 2 heterocycles. The van der Waals surface area contributed by atoms with E-state index in [4.69, 9.17) is 14.1 Å². The van der Waals surface area contributed by atoms with Crippen molar-refractivity contribution in [2.75, 3.05) is 6.61 Å². The fourth-order valence-corrected chi connectivity index (χ4v) is 6.43. The van der Waals surface area contributed by atoms with E-state index < -0.39 is 5.97 Å². The molecule has 3 atom stereocenters. The minimum absolute atomic E-state index is 0.0823. The van der Waals surface area contributed by atoms with Crippen LogP contribution in [0.25, 0.3) is 11.5 Å². The van der Waals surface area contributed by atoms with E-state index in [1.54, 1.807) is 0 Å². The van der Waals surface area contributed by atoms with Crippen molar-refractivity contribution < 1.29 is 19.1 Å². The molecule has 3 unspecified atom stereocenters. The highest BCUT2D eigenvalue weighted by Crippen LogP contribution is 2.43. The molecule has 1 N–H and O–H groups in total. The predicted octanol–water partition coefficient (Wildman–Crippen LogP) is 6.97. The van der Waals surface area contributed by atoms with Crippen LogP contribution in [-0.4, -0.2) is 27.9 Å². The summed E-state index contributed by atoms with van der Waals surface area (Å²) in [5.41, 5.74) is 5.52. The van der Waals surface area contributed by atoms with E-state index in [0.29, 0.717) is 30.6 Å². The number of aromatic nitrogens is 1. The largest absolute Gasteiger partial charge is 0.493 e. The molecule has 0 radical (unpaired) electrons. The lowest BCUT2D eigenvalue weighted by Gasteiger charge is -2.21. The third kappa shape index (κ3) is 5.24. The first-order chi connectivity index (χ1) is 17.5. The number of fused-ring (bicyclic) bond motifs is 1. The maximum Gasteiger partial charge on any atom is 0.307 e. The van der Waals surface area contributed by atoms with Gasteiger partial charge in [-0.1, -0.05) is 37.3 Å². The standard InChI is InChI=1S/C30H33NO4S/c1-3-24(30(32)33)25-12-11-21-18-28(22(17-26(21)25)16-23-10-7-15-36-23)34-14-13-27-19(2)35-29(31-27)20-8-5-4-6-9-20/h4-9,15,17-18,23-25H,3,10-14,16H2,1-2H3,(H,32,33). The number of carbonyl (C=O) groups is 1. The lowest BCUT2D eigenvalue weighted by molar-refractivity contribution is -0.142. The average molecular weight is 504 g/mol. The number of ether oxygens (including phenoxy) is 1. The Kier molecular flexibility index (Phi) is 7.51. The van der Waals surface area contributed by atoms with Gasteiger partial charge in [0.25, 0.3) is 0 Å². The van der Waals surface area contributed by atoms with Crippen LogP contribution in [0.15, 0.2) is 58.4 Å². The van der Waals surface area contributed by atoms with Gasteiger partial charge in [-0.3, -0.25) is 4.79 Å². The predicted molar refractivity (Wildman–Crippen MR) is 144 cm³/mol. The molecule has 36 heavy (non-hydrogen) atoms. The topological polar surface area (TPSA) is 72.6 Å². The maximum absolute atomic E-state index is 11.9. The number of carboxylic acid groups (broad SMARTS) is 1. The first-order valence-electron chi connectivity index (χ1n) is 12.9. The van der Waals surface area contributed by atoms with Gasteiger partial charge in [-0.2, -0.15) is 0 Å². The van der Waals surface area contributed by atoms with Gasteiger partial charge in [0.2, 0.25) is 5.89 Å². The molecule has 2 aliphatic rings. The SMILES string of the molecule is CCC(C(=O)O)C1CCc2cc(OCCc3nc(-c4ccccc4)oc3C)c(CC3CC=CS3)cc21. The number of aryl methyl sites for hydroxylation is 2. The van der Waals surface area contributed by atoms with Gasteiger partial charge in [-0.15, -0.1) is 11.8 Å². The lowest BCUT2D eigenvalue weighted by Crippen LogP contribution is -2.20. The summed E-state index contributed by atoms with van der Waals surface area (Å²) in [5, 5.41) is 12.5. The van der Waals surface area contributed by atoms with E-state index in [-0.39, 0.29) is 11.8 Å². The van der Waals surface area contributed by atoms with E-state index in [0.717, 1.165) is 48.5 Å². The Bertz CT molecular complexity index is 1240. The second-order valence-corrected chi connectivity index (χ2v) is 10.9. The maximum atomic E-state index is 11.9. The van der Waals surface area contributed by atoms with Crippen LogP contribution in [0.5, 0.6) is 5.75 Å². The van der Waals surface area contributed by atoms with Crippen LogP contribution in [0.2, 0.25) is 0 Å². The summed E-state index contributed by atoms with van der Waals surface area (Å²) in [6.45, 7) is 4.44. The molecule has 0 spiro atoms.